The number of anilines is 1. The highest BCUT2D eigenvalue weighted by molar-refractivity contribution is 5.45. The highest BCUT2D eigenvalue weighted by atomic mass is 15.6. The minimum absolute atomic E-state index is 0.259. The molecule has 1 N–H and O–H groups in total. The second kappa shape index (κ2) is 6.78. The van der Waals surface area contributed by atoms with E-state index in [1.807, 2.05) is 12.1 Å². The van der Waals surface area contributed by atoms with Crippen LogP contribution in [0, 0.1) is 18.8 Å². The molecule has 2 aromatic heterocycles. The highest BCUT2D eigenvalue weighted by Crippen LogP contribution is 2.39. The second-order valence-corrected chi connectivity index (χ2v) is 7.24. The average molecular weight is 336 g/mol. The molecule has 25 heavy (non-hydrogen) atoms. The molecule has 3 aromatic rings. The number of hydrogen-bond acceptors (Lipinski definition) is 5. The predicted molar refractivity (Wildman–Crippen MR) is 97.2 cm³/mol. The van der Waals surface area contributed by atoms with Crippen molar-refractivity contribution in [2.75, 3.05) is 5.32 Å². The van der Waals surface area contributed by atoms with Gasteiger partial charge in [0, 0.05) is 0 Å². The molecule has 130 valence electrons. The lowest BCUT2D eigenvalue weighted by molar-refractivity contribution is 0.264. The molecule has 1 atom stereocenters. The van der Waals surface area contributed by atoms with Crippen LogP contribution in [0.1, 0.15) is 49.8 Å². The first-order chi connectivity index (χ1) is 12.2. The van der Waals surface area contributed by atoms with Gasteiger partial charge in [0.15, 0.2) is 5.65 Å². The summed E-state index contributed by atoms with van der Waals surface area (Å²) in [7, 11) is 0. The van der Waals surface area contributed by atoms with E-state index in [2.05, 4.69) is 64.1 Å². The quantitative estimate of drug-likeness (QED) is 0.785. The fourth-order valence-corrected chi connectivity index (χ4v) is 3.89. The number of benzene rings is 1. The van der Waals surface area contributed by atoms with Crippen molar-refractivity contribution in [2.24, 2.45) is 11.8 Å². The van der Waals surface area contributed by atoms with Crippen molar-refractivity contribution >= 4 is 11.5 Å². The third-order valence-electron chi connectivity index (χ3n) is 5.43. The van der Waals surface area contributed by atoms with Gasteiger partial charge < -0.3 is 5.32 Å². The summed E-state index contributed by atoms with van der Waals surface area (Å²) in [6.45, 7) is 4.55. The number of hydrogen-bond donors (Lipinski definition) is 1. The van der Waals surface area contributed by atoms with Crippen LogP contribution in [-0.2, 0) is 0 Å². The first kappa shape index (κ1) is 16.0. The Balaban J connectivity index is 1.65. The van der Waals surface area contributed by atoms with Gasteiger partial charge in [-0.05, 0) is 65.3 Å². The fourth-order valence-electron chi connectivity index (χ4n) is 3.89. The Morgan fingerprint density at radius 1 is 1.08 bits per heavy atom. The molecular weight excluding hydrogens is 312 g/mol. The topological polar surface area (TPSA) is 68.0 Å². The summed E-state index contributed by atoms with van der Waals surface area (Å²) >= 11 is 0. The van der Waals surface area contributed by atoms with Gasteiger partial charge in [-0.2, -0.15) is 0 Å². The lowest BCUT2D eigenvalue weighted by Crippen LogP contribution is -2.26. The van der Waals surface area contributed by atoms with E-state index < -0.39 is 0 Å². The molecule has 1 saturated carbocycles. The minimum Gasteiger partial charge on any atom is -0.361 e. The molecule has 1 aliphatic carbocycles. The molecular formula is C19H24N6. The van der Waals surface area contributed by atoms with Crippen LogP contribution in [0.4, 0.5) is 5.82 Å². The summed E-state index contributed by atoms with van der Waals surface area (Å²) in [5, 5.41) is 19.7. The van der Waals surface area contributed by atoms with E-state index in [-0.39, 0.29) is 6.04 Å². The van der Waals surface area contributed by atoms with Crippen LogP contribution in [0.2, 0.25) is 0 Å². The van der Waals surface area contributed by atoms with Gasteiger partial charge in [-0.25, -0.2) is 0 Å². The number of rotatable bonds is 4. The molecule has 0 saturated heterocycles. The molecule has 0 spiro atoms. The van der Waals surface area contributed by atoms with Crippen molar-refractivity contribution in [1.82, 2.24) is 25.3 Å². The van der Waals surface area contributed by atoms with E-state index in [0.717, 1.165) is 11.7 Å². The smallest absolute Gasteiger partial charge is 0.200 e. The van der Waals surface area contributed by atoms with Gasteiger partial charge in [0.25, 0.3) is 0 Å². The Labute approximate surface area is 147 Å². The van der Waals surface area contributed by atoms with Gasteiger partial charge in [-0.3, -0.25) is 0 Å². The van der Waals surface area contributed by atoms with E-state index in [0.29, 0.717) is 11.6 Å². The Bertz CT molecular complexity index is 850. The Morgan fingerprint density at radius 2 is 1.88 bits per heavy atom. The first-order valence-electron chi connectivity index (χ1n) is 9.08. The van der Waals surface area contributed by atoms with Crippen LogP contribution in [0.15, 0.2) is 36.4 Å². The number of fused-ring (bicyclic) bond motifs is 1. The molecule has 0 amide bonds. The molecule has 0 bridgehead atoms. The standard InChI is InChI=1S/C19H24N6/c1-13-7-9-15(10-8-13)19(16-6-4-3-5-14(16)2)20-17-11-12-18-21-23-24-25(18)22-17/h3-6,11-13,15,19H,7-10H2,1-2H3,(H,20,22). The van der Waals surface area contributed by atoms with E-state index in [1.54, 1.807) is 0 Å². The molecule has 0 aliphatic heterocycles. The molecule has 1 fully saturated rings. The summed E-state index contributed by atoms with van der Waals surface area (Å²) in [5.74, 6) is 2.26. The number of aryl methyl sites for hydroxylation is 1. The van der Waals surface area contributed by atoms with Crippen molar-refractivity contribution in [3.8, 4) is 0 Å². The van der Waals surface area contributed by atoms with Crippen molar-refractivity contribution in [2.45, 2.75) is 45.6 Å². The molecule has 4 rings (SSSR count). The number of aromatic nitrogens is 5. The normalized spacial score (nSPS) is 22.0. The summed E-state index contributed by atoms with van der Waals surface area (Å²) in [5.41, 5.74) is 3.34. The summed E-state index contributed by atoms with van der Waals surface area (Å²) in [6, 6.07) is 12.8. The van der Waals surface area contributed by atoms with Crippen molar-refractivity contribution in [3.63, 3.8) is 0 Å². The maximum Gasteiger partial charge on any atom is 0.200 e. The van der Waals surface area contributed by atoms with E-state index >= 15 is 0 Å². The molecule has 6 nitrogen and oxygen atoms in total. The van der Waals surface area contributed by atoms with Crippen molar-refractivity contribution < 1.29 is 0 Å². The average Bonchev–Trinajstić information content (AvgIpc) is 3.09. The van der Waals surface area contributed by atoms with Gasteiger partial charge in [0.2, 0.25) is 0 Å². The SMILES string of the molecule is Cc1ccccc1C(Nc1ccc2nnnn2n1)C1CCC(C)CC1. The highest BCUT2D eigenvalue weighted by Gasteiger charge is 2.28. The van der Waals surface area contributed by atoms with E-state index in [4.69, 9.17) is 0 Å². The monoisotopic (exact) mass is 336 g/mol. The van der Waals surface area contributed by atoms with Crippen LogP contribution in [0.3, 0.4) is 0 Å². The minimum atomic E-state index is 0.259. The Hall–Kier alpha value is -2.50. The zero-order valence-electron chi connectivity index (χ0n) is 14.8. The maximum absolute atomic E-state index is 4.51. The first-order valence-corrected chi connectivity index (χ1v) is 9.08. The van der Waals surface area contributed by atoms with Gasteiger partial charge in [0.1, 0.15) is 5.82 Å². The lowest BCUT2D eigenvalue weighted by Gasteiger charge is -2.34. The third kappa shape index (κ3) is 3.34. The van der Waals surface area contributed by atoms with Crippen LogP contribution in [-0.4, -0.2) is 25.3 Å². The van der Waals surface area contributed by atoms with Gasteiger partial charge in [-0.1, -0.05) is 44.0 Å². The lowest BCUT2D eigenvalue weighted by atomic mass is 9.76. The number of nitrogens with zero attached hydrogens (tertiary/aromatic N) is 5. The molecule has 1 aromatic carbocycles. The summed E-state index contributed by atoms with van der Waals surface area (Å²) < 4.78 is 1.47. The molecule has 2 heterocycles. The van der Waals surface area contributed by atoms with Gasteiger partial charge in [-0.15, -0.1) is 14.8 Å². The largest absolute Gasteiger partial charge is 0.361 e. The molecule has 1 aliphatic rings. The van der Waals surface area contributed by atoms with Crippen molar-refractivity contribution in [3.05, 3.63) is 47.5 Å². The Morgan fingerprint density at radius 3 is 2.68 bits per heavy atom. The number of tetrazole rings is 1. The van der Waals surface area contributed by atoms with Gasteiger partial charge in [0.05, 0.1) is 6.04 Å². The van der Waals surface area contributed by atoms with Crippen LogP contribution >= 0.6 is 0 Å². The second-order valence-electron chi connectivity index (χ2n) is 7.24. The maximum atomic E-state index is 4.51. The zero-order chi connectivity index (χ0) is 17.2. The van der Waals surface area contributed by atoms with Crippen LogP contribution < -0.4 is 5.32 Å². The predicted octanol–water partition coefficient (Wildman–Crippen LogP) is 3.81. The zero-order valence-corrected chi connectivity index (χ0v) is 14.8. The molecule has 6 heteroatoms. The third-order valence-corrected chi connectivity index (χ3v) is 5.43. The van der Waals surface area contributed by atoms with Gasteiger partial charge >= 0.3 is 0 Å². The molecule has 1 unspecified atom stereocenters. The summed E-state index contributed by atoms with van der Waals surface area (Å²) in [4.78, 5) is 0. The fraction of sp³-hybridized carbons (Fsp3) is 0.474. The van der Waals surface area contributed by atoms with Crippen molar-refractivity contribution in [1.29, 1.82) is 0 Å². The van der Waals surface area contributed by atoms with Crippen LogP contribution in [0.25, 0.3) is 5.65 Å². The number of nitrogens with one attached hydrogen (secondary N) is 1. The van der Waals surface area contributed by atoms with Crippen LogP contribution in [0.5, 0.6) is 0 Å². The summed E-state index contributed by atoms with van der Waals surface area (Å²) in [6.07, 6.45) is 5.10. The Kier molecular flexibility index (Phi) is 4.34. The van der Waals surface area contributed by atoms with E-state index in [1.165, 1.54) is 41.4 Å². The van der Waals surface area contributed by atoms with E-state index in [9.17, 15) is 0 Å². The molecule has 0 radical (unpaired) electrons.